The van der Waals surface area contributed by atoms with Crippen molar-refractivity contribution in [3.05, 3.63) is 60.7 Å². The molecule has 0 bridgehead atoms. The molecule has 0 aliphatic carbocycles. The minimum atomic E-state index is 0. The van der Waals surface area contributed by atoms with E-state index < -0.39 is 0 Å². The zero-order valence-corrected chi connectivity index (χ0v) is 13.0. The van der Waals surface area contributed by atoms with Gasteiger partial charge in [-0.2, -0.15) is 9.90 Å². The Morgan fingerprint density at radius 3 is 1.17 bits per heavy atom. The van der Waals surface area contributed by atoms with Gasteiger partial charge in [-0.15, -0.1) is 0 Å². The van der Waals surface area contributed by atoms with E-state index in [1.165, 1.54) is 30.4 Å². The maximum atomic E-state index is 2.21. The average molecular weight is 260 g/mol. The molecule has 98 valence electrons. The van der Waals surface area contributed by atoms with Crippen LogP contribution in [0.15, 0.2) is 60.7 Å². The zero-order chi connectivity index (χ0) is 12.3. The summed E-state index contributed by atoms with van der Waals surface area (Å²) in [6, 6.07) is 20.8. The maximum absolute atomic E-state index is 2.21. The lowest BCUT2D eigenvalue weighted by molar-refractivity contribution is 0.772. The Bertz CT molecular complexity index is 341. The lowest BCUT2D eigenvalue weighted by atomic mass is 10.1. The molecule has 0 radical (unpaired) electrons. The SMILES string of the molecule is CCCCC.P.c1ccc(-c2ccccc2)cc1. The van der Waals surface area contributed by atoms with Crippen LogP contribution in [0.3, 0.4) is 0 Å². The van der Waals surface area contributed by atoms with Crippen LogP contribution < -0.4 is 0 Å². The molecule has 0 aromatic heterocycles. The molecular formula is C17H25P. The molecule has 0 N–H and O–H groups in total. The van der Waals surface area contributed by atoms with E-state index in [2.05, 4.69) is 62.4 Å². The van der Waals surface area contributed by atoms with Crippen LogP contribution in [0.2, 0.25) is 0 Å². The molecule has 2 rings (SSSR count). The van der Waals surface area contributed by atoms with Gasteiger partial charge in [-0.25, -0.2) is 0 Å². The van der Waals surface area contributed by atoms with Crippen molar-refractivity contribution in [2.45, 2.75) is 33.1 Å². The topological polar surface area (TPSA) is 0 Å². The largest absolute Gasteiger partial charge is 0.153 e. The molecule has 0 aliphatic rings. The van der Waals surface area contributed by atoms with Crippen molar-refractivity contribution in [1.29, 1.82) is 0 Å². The molecule has 0 aliphatic heterocycles. The summed E-state index contributed by atoms with van der Waals surface area (Å²) in [7, 11) is 0. The highest BCUT2D eigenvalue weighted by Crippen LogP contribution is 2.17. The van der Waals surface area contributed by atoms with Crippen molar-refractivity contribution in [3.63, 3.8) is 0 Å². The Morgan fingerprint density at radius 2 is 0.944 bits per heavy atom. The van der Waals surface area contributed by atoms with Gasteiger partial charge in [0.1, 0.15) is 0 Å². The first-order valence-corrected chi connectivity index (χ1v) is 6.49. The fourth-order valence-corrected chi connectivity index (χ4v) is 1.61. The summed E-state index contributed by atoms with van der Waals surface area (Å²) in [6.07, 6.45) is 4.08. The number of rotatable bonds is 3. The van der Waals surface area contributed by atoms with E-state index in [-0.39, 0.29) is 9.90 Å². The molecule has 1 atom stereocenters. The first kappa shape index (κ1) is 16.9. The van der Waals surface area contributed by atoms with Crippen LogP contribution in [0.1, 0.15) is 33.1 Å². The van der Waals surface area contributed by atoms with Crippen LogP contribution in [-0.4, -0.2) is 0 Å². The first-order chi connectivity index (χ1) is 8.38. The molecule has 0 heterocycles. The molecule has 0 amide bonds. The lowest BCUT2D eigenvalue weighted by Crippen LogP contribution is -1.73. The van der Waals surface area contributed by atoms with E-state index in [9.17, 15) is 0 Å². The van der Waals surface area contributed by atoms with Gasteiger partial charge in [-0.1, -0.05) is 93.8 Å². The third-order valence-electron chi connectivity index (χ3n) is 2.59. The molecular weight excluding hydrogens is 235 g/mol. The van der Waals surface area contributed by atoms with Crippen molar-refractivity contribution >= 4 is 9.90 Å². The van der Waals surface area contributed by atoms with Gasteiger partial charge < -0.3 is 0 Å². The summed E-state index contributed by atoms with van der Waals surface area (Å²) in [5, 5.41) is 0. The maximum Gasteiger partial charge on any atom is -0.0184 e. The molecule has 0 fully saturated rings. The van der Waals surface area contributed by atoms with Crippen LogP contribution in [0.5, 0.6) is 0 Å². The van der Waals surface area contributed by atoms with Gasteiger partial charge in [0.05, 0.1) is 0 Å². The second-order valence-electron chi connectivity index (χ2n) is 4.09. The Labute approximate surface area is 115 Å². The van der Waals surface area contributed by atoms with E-state index in [0.717, 1.165) is 0 Å². The molecule has 0 saturated heterocycles. The Kier molecular flexibility index (Phi) is 10.3. The van der Waals surface area contributed by atoms with Gasteiger partial charge in [-0.3, -0.25) is 0 Å². The summed E-state index contributed by atoms with van der Waals surface area (Å²) in [6.45, 7) is 4.42. The minimum Gasteiger partial charge on any atom is -0.153 e. The van der Waals surface area contributed by atoms with Crippen LogP contribution in [0.25, 0.3) is 11.1 Å². The summed E-state index contributed by atoms with van der Waals surface area (Å²) in [5.41, 5.74) is 2.55. The van der Waals surface area contributed by atoms with E-state index in [0.29, 0.717) is 0 Å². The van der Waals surface area contributed by atoms with Gasteiger partial charge in [0.25, 0.3) is 0 Å². The van der Waals surface area contributed by atoms with Crippen LogP contribution in [0, 0.1) is 0 Å². The molecule has 0 saturated carbocycles. The van der Waals surface area contributed by atoms with E-state index in [1.54, 1.807) is 0 Å². The predicted octanol–water partition coefficient (Wildman–Crippen LogP) is 5.61. The predicted molar refractivity (Wildman–Crippen MR) is 88.2 cm³/mol. The number of benzene rings is 2. The van der Waals surface area contributed by atoms with Gasteiger partial charge in [0.15, 0.2) is 0 Å². The highest BCUT2D eigenvalue weighted by molar-refractivity contribution is 6.92. The van der Waals surface area contributed by atoms with Gasteiger partial charge >= 0.3 is 0 Å². The highest BCUT2D eigenvalue weighted by atomic mass is 31.0. The molecule has 2 aromatic rings. The van der Waals surface area contributed by atoms with Gasteiger partial charge in [0, 0.05) is 0 Å². The minimum absolute atomic E-state index is 0. The third-order valence-corrected chi connectivity index (χ3v) is 2.59. The van der Waals surface area contributed by atoms with Gasteiger partial charge in [0.2, 0.25) is 0 Å². The quantitative estimate of drug-likeness (QED) is 0.629. The van der Waals surface area contributed by atoms with Crippen molar-refractivity contribution in [2.24, 2.45) is 0 Å². The summed E-state index contributed by atoms with van der Waals surface area (Å²) >= 11 is 0. The van der Waals surface area contributed by atoms with Gasteiger partial charge in [-0.05, 0) is 11.1 Å². The Hall–Kier alpha value is -1.13. The molecule has 1 heteroatoms. The van der Waals surface area contributed by atoms with E-state index >= 15 is 0 Å². The summed E-state index contributed by atoms with van der Waals surface area (Å²) in [4.78, 5) is 0. The van der Waals surface area contributed by atoms with Crippen LogP contribution in [-0.2, 0) is 0 Å². The number of hydrogen-bond donors (Lipinski definition) is 0. The second kappa shape index (κ2) is 11.0. The molecule has 0 nitrogen and oxygen atoms in total. The lowest BCUT2D eigenvalue weighted by Gasteiger charge is -1.98. The van der Waals surface area contributed by atoms with Crippen molar-refractivity contribution in [2.75, 3.05) is 0 Å². The number of hydrogen-bond acceptors (Lipinski definition) is 0. The second-order valence-corrected chi connectivity index (χ2v) is 4.09. The van der Waals surface area contributed by atoms with Crippen LogP contribution in [0.4, 0.5) is 0 Å². The molecule has 0 spiro atoms. The van der Waals surface area contributed by atoms with Crippen molar-refractivity contribution in [3.8, 4) is 11.1 Å². The fraction of sp³-hybridized carbons (Fsp3) is 0.294. The highest BCUT2D eigenvalue weighted by Gasteiger charge is 1.91. The standard InChI is InChI=1S/C12H10.C5H12.H3P/c1-3-7-11(8-4-1)12-9-5-2-6-10-12;1-3-5-4-2;/h1-10H;3-5H2,1-2H3;1H3. The average Bonchev–Trinajstić information content (AvgIpc) is 2.42. The van der Waals surface area contributed by atoms with Crippen molar-refractivity contribution < 1.29 is 0 Å². The normalized spacial score (nSPS) is 8.78. The van der Waals surface area contributed by atoms with E-state index in [4.69, 9.17) is 0 Å². The zero-order valence-electron chi connectivity index (χ0n) is 11.6. The summed E-state index contributed by atoms with van der Waals surface area (Å²) in [5.74, 6) is 0. The van der Waals surface area contributed by atoms with Crippen LogP contribution >= 0.6 is 9.90 Å². The monoisotopic (exact) mass is 260 g/mol. The Morgan fingerprint density at radius 1 is 0.611 bits per heavy atom. The summed E-state index contributed by atoms with van der Waals surface area (Å²) < 4.78 is 0. The molecule has 1 unspecified atom stereocenters. The smallest absolute Gasteiger partial charge is 0.0184 e. The Balaban J connectivity index is 0.000000421. The number of unbranched alkanes of at least 4 members (excludes halogenated alkanes) is 2. The first-order valence-electron chi connectivity index (χ1n) is 6.49. The molecule has 18 heavy (non-hydrogen) atoms. The third kappa shape index (κ3) is 6.57. The van der Waals surface area contributed by atoms with Crippen molar-refractivity contribution in [1.82, 2.24) is 0 Å². The van der Waals surface area contributed by atoms with E-state index in [1.807, 2.05) is 12.1 Å². The molecule has 2 aromatic carbocycles. The fourth-order valence-electron chi connectivity index (χ4n) is 1.61.